The van der Waals surface area contributed by atoms with Crippen molar-refractivity contribution < 1.29 is 22.7 Å². The number of ether oxygens (including phenoxy) is 1. The van der Waals surface area contributed by atoms with Gasteiger partial charge in [-0.25, -0.2) is 9.78 Å². The minimum Gasteiger partial charge on any atom is -0.400 e. The van der Waals surface area contributed by atoms with Gasteiger partial charge in [0.2, 0.25) is 5.88 Å². The number of alkyl halides is 3. The first-order valence-electron chi connectivity index (χ1n) is 4.93. The molecule has 7 heteroatoms. The third-order valence-corrected chi connectivity index (χ3v) is 2.44. The fourth-order valence-corrected chi connectivity index (χ4v) is 1.45. The SMILES string of the molecule is O=C(Oc1ncccc1C1CNC1)C(F)(F)F. The summed E-state index contributed by atoms with van der Waals surface area (Å²) in [5, 5.41) is 2.98. The maximum atomic E-state index is 12.0. The van der Waals surface area contributed by atoms with E-state index < -0.39 is 12.1 Å². The van der Waals surface area contributed by atoms with Crippen LogP contribution in [-0.4, -0.2) is 30.2 Å². The van der Waals surface area contributed by atoms with Crippen molar-refractivity contribution >= 4 is 5.97 Å². The Morgan fingerprint density at radius 3 is 2.71 bits per heavy atom. The lowest BCUT2D eigenvalue weighted by Crippen LogP contribution is -2.40. The fraction of sp³-hybridized carbons (Fsp3) is 0.400. The van der Waals surface area contributed by atoms with Crippen LogP contribution in [-0.2, 0) is 4.79 Å². The molecule has 1 aromatic rings. The molecule has 0 aliphatic carbocycles. The van der Waals surface area contributed by atoms with Crippen molar-refractivity contribution in [3.05, 3.63) is 23.9 Å². The van der Waals surface area contributed by atoms with Gasteiger partial charge in [-0.05, 0) is 6.07 Å². The van der Waals surface area contributed by atoms with Crippen LogP contribution in [0.3, 0.4) is 0 Å². The molecule has 1 saturated heterocycles. The highest BCUT2D eigenvalue weighted by atomic mass is 19.4. The summed E-state index contributed by atoms with van der Waals surface area (Å²) < 4.78 is 40.4. The van der Waals surface area contributed by atoms with E-state index in [4.69, 9.17) is 0 Å². The molecule has 1 N–H and O–H groups in total. The number of rotatable bonds is 2. The second-order valence-corrected chi connectivity index (χ2v) is 3.64. The molecule has 1 aliphatic heterocycles. The molecule has 92 valence electrons. The first-order valence-corrected chi connectivity index (χ1v) is 4.93. The van der Waals surface area contributed by atoms with E-state index in [2.05, 4.69) is 15.0 Å². The maximum Gasteiger partial charge on any atom is 0.491 e. The molecule has 1 fully saturated rings. The van der Waals surface area contributed by atoms with Crippen molar-refractivity contribution in [2.24, 2.45) is 0 Å². The second kappa shape index (κ2) is 4.33. The minimum absolute atomic E-state index is 0.0414. The largest absolute Gasteiger partial charge is 0.491 e. The molecular formula is C10H9F3N2O2. The predicted molar refractivity (Wildman–Crippen MR) is 51.5 cm³/mol. The summed E-state index contributed by atoms with van der Waals surface area (Å²) in [4.78, 5) is 14.4. The highest BCUT2D eigenvalue weighted by Crippen LogP contribution is 2.28. The van der Waals surface area contributed by atoms with Gasteiger partial charge in [0.05, 0.1) is 0 Å². The van der Waals surface area contributed by atoms with Crippen LogP contribution in [0.25, 0.3) is 0 Å². The number of hydrogen-bond donors (Lipinski definition) is 1. The molecule has 4 nitrogen and oxygen atoms in total. The molecule has 0 saturated carbocycles. The number of aromatic nitrogens is 1. The lowest BCUT2D eigenvalue weighted by Gasteiger charge is -2.28. The number of esters is 1. The highest BCUT2D eigenvalue weighted by molar-refractivity contribution is 5.78. The van der Waals surface area contributed by atoms with Crippen molar-refractivity contribution in [2.75, 3.05) is 13.1 Å². The summed E-state index contributed by atoms with van der Waals surface area (Å²) in [5.41, 5.74) is 0.517. The number of nitrogens with one attached hydrogen (secondary N) is 1. The van der Waals surface area contributed by atoms with Gasteiger partial charge in [0.1, 0.15) is 0 Å². The molecule has 2 heterocycles. The zero-order valence-electron chi connectivity index (χ0n) is 8.62. The topological polar surface area (TPSA) is 51.2 Å². The first kappa shape index (κ1) is 11.8. The van der Waals surface area contributed by atoms with Gasteiger partial charge in [0, 0.05) is 30.8 Å². The molecule has 1 aliphatic rings. The minimum atomic E-state index is -5.01. The molecule has 0 unspecified atom stereocenters. The predicted octanol–water partition coefficient (Wildman–Crippen LogP) is 1.24. The molecular weight excluding hydrogens is 237 g/mol. The number of carbonyl (C=O) groups is 1. The van der Waals surface area contributed by atoms with Gasteiger partial charge >= 0.3 is 12.1 Å². The Labute approximate surface area is 94.8 Å². The Bertz CT molecular complexity index is 430. The standard InChI is InChI=1S/C10H9F3N2O2/c11-10(12,13)9(16)17-8-7(2-1-3-15-8)6-4-14-5-6/h1-3,6,14H,4-5H2. The van der Waals surface area contributed by atoms with E-state index in [-0.39, 0.29) is 11.8 Å². The van der Waals surface area contributed by atoms with Crippen molar-refractivity contribution in [2.45, 2.75) is 12.1 Å². The number of halogens is 3. The zero-order chi connectivity index (χ0) is 12.5. The van der Waals surface area contributed by atoms with E-state index in [0.717, 1.165) is 0 Å². The summed E-state index contributed by atoms with van der Waals surface area (Å²) in [7, 11) is 0. The third kappa shape index (κ3) is 2.55. The average Bonchev–Trinajstić information content (AvgIpc) is 2.16. The lowest BCUT2D eigenvalue weighted by molar-refractivity contribution is -0.190. The van der Waals surface area contributed by atoms with Crippen LogP contribution in [0.4, 0.5) is 13.2 Å². The third-order valence-electron chi connectivity index (χ3n) is 2.44. The molecule has 0 bridgehead atoms. The van der Waals surface area contributed by atoms with Gasteiger partial charge in [-0.3, -0.25) is 0 Å². The van der Waals surface area contributed by atoms with Gasteiger partial charge in [0.25, 0.3) is 0 Å². The Kier molecular flexibility index (Phi) is 3.01. The van der Waals surface area contributed by atoms with Crippen molar-refractivity contribution in [1.82, 2.24) is 10.3 Å². The van der Waals surface area contributed by atoms with Crippen LogP contribution >= 0.6 is 0 Å². The van der Waals surface area contributed by atoms with E-state index in [9.17, 15) is 18.0 Å². The first-order chi connectivity index (χ1) is 7.98. The van der Waals surface area contributed by atoms with Gasteiger partial charge in [-0.2, -0.15) is 13.2 Å². The smallest absolute Gasteiger partial charge is 0.400 e. The molecule has 1 aromatic heterocycles. The van der Waals surface area contributed by atoms with E-state index in [1.165, 1.54) is 6.20 Å². The van der Waals surface area contributed by atoms with Gasteiger partial charge < -0.3 is 10.1 Å². The summed E-state index contributed by atoms with van der Waals surface area (Å²) in [6, 6.07) is 3.20. The van der Waals surface area contributed by atoms with Crippen LogP contribution in [0.5, 0.6) is 5.88 Å². The van der Waals surface area contributed by atoms with E-state index in [0.29, 0.717) is 18.7 Å². The van der Waals surface area contributed by atoms with Crippen LogP contribution in [0.15, 0.2) is 18.3 Å². The lowest BCUT2D eigenvalue weighted by atomic mass is 9.95. The Morgan fingerprint density at radius 2 is 2.18 bits per heavy atom. The van der Waals surface area contributed by atoms with Gasteiger partial charge in [-0.15, -0.1) is 0 Å². The van der Waals surface area contributed by atoms with Crippen molar-refractivity contribution in [1.29, 1.82) is 0 Å². The van der Waals surface area contributed by atoms with Crippen LogP contribution < -0.4 is 10.1 Å². The highest BCUT2D eigenvalue weighted by Gasteiger charge is 2.42. The molecule has 0 amide bonds. The second-order valence-electron chi connectivity index (χ2n) is 3.64. The number of carbonyl (C=O) groups excluding carboxylic acids is 1. The molecule has 0 atom stereocenters. The number of pyridine rings is 1. The maximum absolute atomic E-state index is 12.0. The number of hydrogen-bond acceptors (Lipinski definition) is 4. The average molecular weight is 246 g/mol. The van der Waals surface area contributed by atoms with Crippen molar-refractivity contribution in [3.63, 3.8) is 0 Å². The summed E-state index contributed by atoms with van der Waals surface area (Å²) in [6.07, 6.45) is -3.72. The van der Waals surface area contributed by atoms with E-state index in [1.807, 2.05) is 0 Å². The monoisotopic (exact) mass is 246 g/mol. The van der Waals surface area contributed by atoms with Crippen LogP contribution in [0.2, 0.25) is 0 Å². The van der Waals surface area contributed by atoms with E-state index in [1.54, 1.807) is 12.1 Å². The molecule has 0 aromatic carbocycles. The summed E-state index contributed by atoms with van der Waals surface area (Å²) >= 11 is 0. The van der Waals surface area contributed by atoms with Crippen LogP contribution in [0, 0.1) is 0 Å². The number of nitrogens with zero attached hydrogens (tertiary/aromatic N) is 1. The van der Waals surface area contributed by atoms with E-state index >= 15 is 0 Å². The quantitative estimate of drug-likeness (QED) is 0.797. The van der Waals surface area contributed by atoms with Crippen LogP contribution in [0.1, 0.15) is 11.5 Å². The normalized spacial score (nSPS) is 16.4. The fourth-order valence-electron chi connectivity index (χ4n) is 1.45. The molecule has 0 radical (unpaired) electrons. The Hall–Kier alpha value is -1.63. The zero-order valence-corrected chi connectivity index (χ0v) is 8.62. The van der Waals surface area contributed by atoms with Crippen molar-refractivity contribution in [3.8, 4) is 5.88 Å². The molecule has 17 heavy (non-hydrogen) atoms. The Morgan fingerprint density at radius 1 is 1.47 bits per heavy atom. The summed E-state index contributed by atoms with van der Waals surface area (Å²) in [6.45, 7) is 1.28. The Balaban J connectivity index is 2.18. The summed E-state index contributed by atoms with van der Waals surface area (Å²) in [5.74, 6) is -2.47. The molecule has 2 rings (SSSR count). The van der Waals surface area contributed by atoms with Gasteiger partial charge in [0.15, 0.2) is 0 Å². The van der Waals surface area contributed by atoms with Gasteiger partial charge in [-0.1, -0.05) is 6.07 Å². The molecule has 0 spiro atoms.